The third-order valence-electron chi connectivity index (χ3n) is 6.04. The van der Waals surface area contributed by atoms with Crippen LogP contribution in [0.4, 0.5) is 5.69 Å². The molecule has 0 spiro atoms. The van der Waals surface area contributed by atoms with E-state index < -0.39 is 16.1 Å². The lowest BCUT2D eigenvalue weighted by molar-refractivity contribution is -0.135. The first kappa shape index (κ1) is 23.5. The van der Waals surface area contributed by atoms with Gasteiger partial charge in [0.15, 0.2) is 6.10 Å². The molecule has 0 aliphatic carbocycles. The van der Waals surface area contributed by atoms with Gasteiger partial charge in [-0.05, 0) is 44.2 Å². The predicted molar refractivity (Wildman–Crippen MR) is 119 cm³/mol. The Kier molecular flexibility index (Phi) is 7.26. The molecule has 9 heteroatoms. The molecule has 2 aliphatic rings. The van der Waals surface area contributed by atoms with E-state index in [1.165, 1.54) is 10.4 Å². The van der Waals surface area contributed by atoms with Crippen molar-refractivity contribution in [1.82, 2.24) is 9.21 Å². The molecule has 2 heterocycles. The molecule has 31 heavy (non-hydrogen) atoms. The molecule has 0 saturated carbocycles. The standard InChI is InChI=1S/C22H33N3O5S/c1-5-7-10-24(4)22(27)16-9-8-11-25(14-16)31(28,29)20-13-19-17(12-15(20)3)23-21(26)18(6-2)30-19/h12-13,16,18H,5-11,14H2,1-4H3,(H,23,26)/t16-,18-/m1/s1. The number of piperidine rings is 1. The molecular formula is C22H33N3O5S. The minimum atomic E-state index is -3.80. The molecule has 0 aromatic heterocycles. The Balaban J connectivity index is 1.83. The Bertz CT molecular complexity index is 947. The first-order valence-corrected chi connectivity index (χ1v) is 12.5. The molecule has 1 aromatic carbocycles. The van der Waals surface area contributed by atoms with Crippen LogP contribution in [0.2, 0.25) is 0 Å². The van der Waals surface area contributed by atoms with Crippen molar-refractivity contribution >= 4 is 27.5 Å². The Morgan fingerprint density at radius 3 is 2.74 bits per heavy atom. The van der Waals surface area contributed by atoms with Crippen molar-refractivity contribution in [2.75, 3.05) is 32.0 Å². The van der Waals surface area contributed by atoms with E-state index in [9.17, 15) is 18.0 Å². The topological polar surface area (TPSA) is 96.0 Å². The largest absolute Gasteiger partial charge is 0.478 e. The number of hydrogen-bond donors (Lipinski definition) is 1. The van der Waals surface area contributed by atoms with Crippen LogP contribution in [0, 0.1) is 12.8 Å². The minimum Gasteiger partial charge on any atom is -0.478 e. The van der Waals surface area contributed by atoms with Gasteiger partial charge in [0.05, 0.1) is 16.5 Å². The lowest BCUT2D eigenvalue weighted by Crippen LogP contribution is -2.46. The van der Waals surface area contributed by atoms with E-state index in [4.69, 9.17) is 4.74 Å². The van der Waals surface area contributed by atoms with Crippen LogP contribution in [0.15, 0.2) is 17.0 Å². The van der Waals surface area contributed by atoms with Crippen molar-refractivity contribution in [3.63, 3.8) is 0 Å². The van der Waals surface area contributed by atoms with Crippen molar-refractivity contribution < 1.29 is 22.7 Å². The monoisotopic (exact) mass is 451 g/mol. The summed E-state index contributed by atoms with van der Waals surface area (Å²) in [5, 5.41) is 2.79. The number of aryl methyl sites for hydroxylation is 1. The molecule has 1 N–H and O–H groups in total. The van der Waals surface area contributed by atoms with Crippen LogP contribution in [-0.2, 0) is 19.6 Å². The Labute approximate surface area is 185 Å². The Morgan fingerprint density at radius 2 is 2.06 bits per heavy atom. The summed E-state index contributed by atoms with van der Waals surface area (Å²) < 4.78 is 34.1. The van der Waals surface area contributed by atoms with Crippen molar-refractivity contribution in [1.29, 1.82) is 0 Å². The summed E-state index contributed by atoms with van der Waals surface area (Å²) in [6.07, 6.45) is 3.12. The number of unbranched alkanes of at least 4 members (excludes halogenated alkanes) is 1. The summed E-state index contributed by atoms with van der Waals surface area (Å²) in [7, 11) is -2.02. The first-order chi connectivity index (χ1) is 14.7. The molecule has 1 aromatic rings. The normalized spacial score (nSPS) is 21.7. The van der Waals surface area contributed by atoms with Crippen LogP contribution in [-0.4, -0.2) is 62.2 Å². The number of benzene rings is 1. The highest BCUT2D eigenvalue weighted by atomic mass is 32.2. The summed E-state index contributed by atoms with van der Waals surface area (Å²) in [4.78, 5) is 26.7. The lowest BCUT2D eigenvalue weighted by Gasteiger charge is -2.34. The summed E-state index contributed by atoms with van der Waals surface area (Å²) >= 11 is 0. The van der Waals surface area contributed by atoms with Gasteiger partial charge in [-0.1, -0.05) is 20.3 Å². The maximum Gasteiger partial charge on any atom is 0.265 e. The SMILES string of the molecule is CCCCN(C)C(=O)[C@@H]1CCCN(S(=O)(=O)c2cc3c(cc2C)NC(=O)[C@@H](CC)O3)C1. The molecule has 2 aliphatic heterocycles. The number of ether oxygens (including phenoxy) is 1. The smallest absolute Gasteiger partial charge is 0.265 e. The zero-order valence-electron chi connectivity index (χ0n) is 18.8. The number of anilines is 1. The zero-order chi connectivity index (χ0) is 22.8. The molecule has 1 saturated heterocycles. The van der Waals surface area contributed by atoms with Crippen molar-refractivity contribution in [3.8, 4) is 5.75 Å². The van der Waals surface area contributed by atoms with Crippen LogP contribution in [0.25, 0.3) is 0 Å². The van der Waals surface area contributed by atoms with Gasteiger partial charge < -0.3 is 15.0 Å². The van der Waals surface area contributed by atoms with E-state index in [-0.39, 0.29) is 29.2 Å². The van der Waals surface area contributed by atoms with E-state index in [1.807, 2.05) is 6.92 Å². The highest BCUT2D eigenvalue weighted by Crippen LogP contribution is 2.36. The van der Waals surface area contributed by atoms with Crippen LogP contribution in [0.3, 0.4) is 0 Å². The molecule has 8 nitrogen and oxygen atoms in total. The van der Waals surface area contributed by atoms with Gasteiger partial charge in [-0.25, -0.2) is 8.42 Å². The second-order valence-corrected chi connectivity index (χ2v) is 10.3. The van der Waals surface area contributed by atoms with Crippen molar-refractivity contribution in [3.05, 3.63) is 17.7 Å². The summed E-state index contributed by atoms with van der Waals surface area (Å²) in [6.45, 7) is 6.87. The highest BCUT2D eigenvalue weighted by Gasteiger charge is 2.36. The van der Waals surface area contributed by atoms with Gasteiger partial charge in [0.1, 0.15) is 5.75 Å². The van der Waals surface area contributed by atoms with Gasteiger partial charge in [-0.2, -0.15) is 4.31 Å². The number of nitrogens with one attached hydrogen (secondary N) is 1. The summed E-state index contributed by atoms with van der Waals surface area (Å²) in [5.74, 6) is -0.190. The second kappa shape index (κ2) is 9.56. The van der Waals surface area contributed by atoms with Crippen molar-refractivity contribution in [2.24, 2.45) is 5.92 Å². The molecule has 2 amide bonds. The van der Waals surface area contributed by atoms with Crippen LogP contribution >= 0.6 is 0 Å². The molecule has 172 valence electrons. The molecular weight excluding hydrogens is 418 g/mol. The lowest BCUT2D eigenvalue weighted by atomic mass is 9.98. The van der Waals surface area contributed by atoms with E-state index in [1.54, 1.807) is 24.9 Å². The Morgan fingerprint density at radius 1 is 1.32 bits per heavy atom. The van der Waals surface area contributed by atoms with E-state index >= 15 is 0 Å². The summed E-state index contributed by atoms with van der Waals surface area (Å²) in [6, 6.07) is 3.14. The Hall–Kier alpha value is -2.13. The fourth-order valence-corrected chi connectivity index (χ4v) is 5.90. The zero-order valence-corrected chi connectivity index (χ0v) is 19.6. The molecule has 0 unspecified atom stereocenters. The third kappa shape index (κ3) is 4.87. The van der Waals surface area contributed by atoms with Gasteiger partial charge in [0, 0.05) is 32.7 Å². The molecule has 1 fully saturated rings. The van der Waals surface area contributed by atoms with Gasteiger partial charge in [-0.3, -0.25) is 9.59 Å². The number of nitrogens with zero attached hydrogens (tertiary/aromatic N) is 2. The molecule has 2 atom stereocenters. The third-order valence-corrected chi connectivity index (χ3v) is 8.05. The van der Waals surface area contributed by atoms with E-state index in [2.05, 4.69) is 12.2 Å². The summed E-state index contributed by atoms with van der Waals surface area (Å²) in [5.41, 5.74) is 1.02. The van der Waals surface area contributed by atoms with E-state index in [0.717, 1.165) is 12.8 Å². The number of sulfonamides is 1. The van der Waals surface area contributed by atoms with Crippen molar-refractivity contribution in [2.45, 2.75) is 63.9 Å². The van der Waals surface area contributed by atoms with Gasteiger partial charge >= 0.3 is 0 Å². The average molecular weight is 452 g/mol. The maximum atomic E-state index is 13.5. The van der Waals surface area contributed by atoms with Gasteiger partial charge in [-0.15, -0.1) is 0 Å². The minimum absolute atomic E-state index is 0.00680. The van der Waals surface area contributed by atoms with Crippen LogP contribution in [0.5, 0.6) is 5.75 Å². The van der Waals surface area contributed by atoms with Crippen LogP contribution in [0.1, 0.15) is 51.5 Å². The van der Waals surface area contributed by atoms with Gasteiger partial charge in [0.2, 0.25) is 15.9 Å². The number of amides is 2. The fraction of sp³-hybridized carbons (Fsp3) is 0.636. The first-order valence-electron chi connectivity index (χ1n) is 11.1. The van der Waals surface area contributed by atoms with Crippen LogP contribution < -0.4 is 10.1 Å². The number of rotatable bonds is 7. The maximum absolute atomic E-state index is 13.5. The number of fused-ring (bicyclic) bond motifs is 1. The quantitative estimate of drug-likeness (QED) is 0.688. The van der Waals surface area contributed by atoms with Gasteiger partial charge in [0.25, 0.3) is 5.91 Å². The number of hydrogen-bond acceptors (Lipinski definition) is 5. The van der Waals surface area contributed by atoms with E-state index in [0.29, 0.717) is 49.4 Å². The average Bonchev–Trinajstić information content (AvgIpc) is 2.76. The molecule has 0 radical (unpaired) electrons. The second-order valence-electron chi connectivity index (χ2n) is 8.43. The number of carbonyl (C=O) groups excluding carboxylic acids is 2. The molecule has 3 rings (SSSR count). The fourth-order valence-electron chi connectivity index (χ4n) is 4.15. The number of carbonyl (C=O) groups is 2. The predicted octanol–water partition coefficient (Wildman–Crippen LogP) is 2.76. The molecule has 0 bridgehead atoms. The highest BCUT2D eigenvalue weighted by molar-refractivity contribution is 7.89.